The number of benzene rings is 5. The average molecular weight is 674 g/mol. The SMILES string of the molecule is COc1cc(OC)c(OC)cc1/C=C(/NC(=O)c1ccccc1)C(=O)Nc1cccc(SC(C(=O)Nc2ccccc2)c2ccccc2)c1. The highest BCUT2D eigenvalue weighted by atomic mass is 32.2. The van der Waals surface area contributed by atoms with Gasteiger partial charge in [0.25, 0.3) is 11.8 Å². The quantitative estimate of drug-likeness (QED) is 0.0872. The van der Waals surface area contributed by atoms with Gasteiger partial charge in [-0.25, -0.2) is 0 Å². The lowest BCUT2D eigenvalue weighted by molar-refractivity contribution is -0.116. The summed E-state index contributed by atoms with van der Waals surface area (Å²) in [5, 5.41) is 8.07. The summed E-state index contributed by atoms with van der Waals surface area (Å²) in [6.45, 7) is 0. The van der Waals surface area contributed by atoms with E-state index in [1.807, 2.05) is 66.7 Å². The Morgan fingerprint density at radius 3 is 1.88 bits per heavy atom. The number of ether oxygens (including phenoxy) is 3. The van der Waals surface area contributed by atoms with Gasteiger partial charge in [-0.15, -0.1) is 11.8 Å². The van der Waals surface area contributed by atoms with Gasteiger partial charge >= 0.3 is 0 Å². The molecular weight excluding hydrogens is 639 g/mol. The molecule has 0 aliphatic rings. The Kier molecular flexibility index (Phi) is 11.7. The van der Waals surface area contributed by atoms with Crippen LogP contribution in [0.4, 0.5) is 11.4 Å². The molecule has 3 amide bonds. The predicted octanol–water partition coefficient (Wildman–Crippen LogP) is 7.59. The molecule has 0 spiro atoms. The standard InChI is InChI=1S/C39H35N3O6S/c1-46-33-25-35(48-3)34(47-2)23-28(33)22-32(42-37(43)27-16-9-5-10-17-27)38(44)41-30-20-13-21-31(24-30)49-36(26-14-7-4-8-15-26)39(45)40-29-18-11-6-12-19-29/h4-25,36H,1-3H3,(H,40,45)(H,41,44)(H,42,43)/b32-22+. The minimum atomic E-state index is -0.579. The molecule has 49 heavy (non-hydrogen) atoms. The second-order valence-electron chi connectivity index (χ2n) is 10.6. The van der Waals surface area contributed by atoms with E-state index in [1.54, 1.807) is 60.7 Å². The minimum absolute atomic E-state index is 0.0400. The summed E-state index contributed by atoms with van der Waals surface area (Å²) in [4.78, 5) is 41.4. The topological polar surface area (TPSA) is 115 Å². The Bertz CT molecular complexity index is 1940. The molecule has 9 nitrogen and oxygen atoms in total. The summed E-state index contributed by atoms with van der Waals surface area (Å²) in [5.74, 6) is 0.0188. The number of carbonyl (C=O) groups is 3. The number of rotatable bonds is 13. The van der Waals surface area contributed by atoms with Gasteiger partial charge in [0.2, 0.25) is 5.91 Å². The van der Waals surface area contributed by atoms with Gasteiger partial charge in [0.05, 0.1) is 21.3 Å². The van der Waals surface area contributed by atoms with Crippen LogP contribution in [-0.4, -0.2) is 39.1 Å². The fourth-order valence-electron chi connectivity index (χ4n) is 4.88. The van der Waals surface area contributed by atoms with Crippen molar-refractivity contribution < 1.29 is 28.6 Å². The molecule has 0 fully saturated rings. The van der Waals surface area contributed by atoms with Crippen LogP contribution < -0.4 is 30.2 Å². The Morgan fingerprint density at radius 1 is 0.633 bits per heavy atom. The van der Waals surface area contributed by atoms with Crippen molar-refractivity contribution in [3.8, 4) is 17.2 Å². The van der Waals surface area contributed by atoms with E-state index in [9.17, 15) is 14.4 Å². The first-order valence-electron chi connectivity index (χ1n) is 15.3. The van der Waals surface area contributed by atoms with Gasteiger partial charge in [0.15, 0.2) is 11.5 Å². The zero-order valence-electron chi connectivity index (χ0n) is 27.1. The highest BCUT2D eigenvalue weighted by Gasteiger charge is 2.23. The third-order valence-corrected chi connectivity index (χ3v) is 8.54. The largest absolute Gasteiger partial charge is 0.496 e. The fraction of sp³-hybridized carbons (Fsp3) is 0.103. The number of hydrogen-bond acceptors (Lipinski definition) is 7. The van der Waals surface area contributed by atoms with Crippen LogP contribution in [0.25, 0.3) is 6.08 Å². The van der Waals surface area contributed by atoms with Crippen LogP contribution in [0.15, 0.2) is 138 Å². The number of para-hydroxylation sites is 1. The van der Waals surface area contributed by atoms with Gasteiger partial charge in [0.1, 0.15) is 16.7 Å². The van der Waals surface area contributed by atoms with Crippen molar-refractivity contribution in [1.82, 2.24) is 5.32 Å². The lowest BCUT2D eigenvalue weighted by atomic mass is 10.1. The van der Waals surface area contributed by atoms with Crippen molar-refractivity contribution in [2.24, 2.45) is 0 Å². The van der Waals surface area contributed by atoms with E-state index < -0.39 is 17.1 Å². The summed E-state index contributed by atoms with van der Waals surface area (Å²) in [5.41, 5.74) is 2.79. The maximum Gasteiger partial charge on any atom is 0.272 e. The van der Waals surface area contributed by atoms with Gasteiger partial charge in [-0.1, -0.05) is 72.8 Å². The molecule has 0 bridgehead atoms. The molecule has 0 radical (unpaired) electrons. The summed E-state index contributed by atoms with van der Waals surface area (Å²) >= 11 is 1.35. The molecule has 0 heterocycles. The summed E-state index contributed by atoms with van der Waals surface area (Å²) < 4.78 is 16.4. The first-order valence-corrected chi connectivity index (χ1v) is 16.1. The average Bonchev–Trinajstić information content (AvgIpc) is 3.14. The van der Waals surface area contributed by atoms with E-state index in [2.05, 4.69) is 16.0 Å². The Hall–Kier alpha value is -6.00. The van der Waals surface area contributed by atoms with Crippen molar-refractivity contribution in [2.75, 3.05) is 32.0 Å². The normalized spacial score (nSPS) is 11.5. The second-order valence-corrected chi connectivity index (χ2v) is 11.8. The van der Waals surface area contributed by atoms with E-state index in [-0.39, 0.29) is 11.6 Å². The third kappa shape index (κ3) is 9.09. The molecule has 0 aliphatic heterocycles. The molecule has 1 unspecified atom stereocenters. The monoisotopic (exact) mass is 673 g/mol. The molecular formula is C39H35N3O6S. The molecule has 0 aliphatic carbocycles. The van der Waals surface area contributed by atoms with Gasteiger partial charge in [-0.2, -0.15) is 0 Å². The number of methoxy groups -OCH3 is 3. The lowest BCUT2D eigenvalue weighted by Gasteiger charge is -2.18. The number of amides is 3. The predicted molar refractivity (Wildman–Crippen MR) is 193 cm³/mol. The summed E-state index contributed by atoms with van der Waals surface area (Å²) in [6.07, 6.45) is 1.51. The zero-order chi connectivity index (χ0) is 34.6. The molecule has 10 heteroatoms. The fourth-order valence-corrected chi connectivity index (χ4v) is 5.96. The molecule has 5 aromatic rings. The smallest absolute Gasteiger partial charge is 0.272 e. The molecule has 5 aromatic carbocycles. The zero-order valence-corrected chi connectivity index (χ0v) is 28.0. The third-order valence-electron chi connectivity index (χ3n) is 7.29. The molecule has 0 saturated carbocycles. The molecule has 1 atom stereocenters. The van der Waals surface area contributed by atoms with Gasteiger partial charge in [0, 0.05) is 33.5 Å². The molecule has 248 valence electrons. The van der Waals surface area contributed by atoms with E-state index in [1.165, 1.54) is 39.2 Å². The highest BCUT2D eigenvalue weighted by molar-refractivity contribution is 8.00. The number of hydrogen-bond donors (Lipinski definition) is 3. The number of anilines is 2. The van der Waals surface area contributed by atoms with Gasteiger partial charge < -0.3 is 30.2 Å². The molecule has 3 N–H and O–H groups in total. The summed E-state index contributed by atoms with van der Waals surface area (Å²) in [6, 6.07) is 37.8. The van der Waals surface area contributed by atoms with E-state index in [4.69, 9.17) is 14.2 Å². The Balaban J connectivity index is 1.44. The van der Waals surface area contributed by atoms with E-state index in [0.717, 1.165) is 10.5 Å². The minimum Gasteiger partial charge on any atom is -0.496 e. The van der Waals surface area contributed by atoms with E-state index >= 15 is 0 Å². The van der Waals surface area contributed by atoms with Crippen molar-refractivity contribution in [1.29, 1.82) is 0 Å². The number of nitrogens with one attached hydrogen (secondary N) is 3. The van der Waals surface area contributed by atoms with Crippen molar-refractivity contribution in [3.63, 3.8) is 0 Å². The molecule has 0 aromatic heterocycles. The van der Waals surface area contributed by atoms with Gasteiger partial charge in [-0.3, -0.25) is 14.4 Å². The van der Waals surface area contributed by atoms with Crippen LogP contribution in [-0.2, 0) is 9.59 Å². The number of thioether (sulfide) groups is 1. The van der Waals surface area contributed by atoms with Gasteiger partial charge in [-0.05, 0) is 60.2 Å². The first kappa shape index (κ1) is 34.3. The summed E-state index contributed by atoms with van der Waals surface area (Å²) in [7, 11) is 4.50. The van der Waals surface area contributed by atoms with E-state index in [0.29, 0.717) is 39.8 Å². The highest BCUT2D eigenvalue weighted by Crippen LogP contribution is 2.38. The maximum atomic E-state index is 13.9. The first-order chi connectivity index (χ1) is 23.9. The molecule has 0 saturated heterocycles. The van der Waals surface area contributed by atoms with Crippen molar-refractivity contribution >= 4 is 46.9 Å². The van der Waals surface area contributed by atoms with Crippen LogP contribution in [0, 0.1) is 0 Å². The Labute approximate surface area is 289 Å². The molecule has 5 rings (SSSR count). The van der Waals surface area contributed by atoms with Crippen LogP contribution in [0.5, 0.6) is 17.2 Å². The lowest BCUT2D eigenvalue weighted by Crippen LogP contribution is -2.30. The van der Waals surface area contributed by atoms with Crippen LogP contribution in [0.3, 0.4) is 0 Å². The van der Waals surface area contributed by atoms with Crippen LogP contribution in [0.2, 0.25) is 0 Å². The second kappa shape index (κ2) is 16.7. The van der Waals surface area contributed by atoms with Crippen molar-refractivity contribution in [3.05, 3.63) is 150 Å². The van der Waals surface area contributed by atoms with Crippen LogP contribution >= 0.6 is 11.8 Å². The maximum absolute atomic E-state index is 13.9. The number of carbonyl (C=O) groups excluding carboxylic acids is 3. The van der Waals surface area contributed by atoms with Crippen molar-refractivity contribution in [2.45, 2.75) is 10.1 Å². The Morgan fingerprint density at radius 2 is 1.22 bits per heavy atom. The van der Waals surface area contributed by atoms with Crippen LogP contribution in [0.1, 0.15) is 26.7 Å².